The van der Waals surface area contributed by atoms with Crippen LogP contribution < -0.4 is 10.2 Å². The van der Waals surface area contributed by atoms with E-state index in [2.05, 4.69) is 61.6 Å². The summed E-state index contributed by atoms with van der Waals surface area (Å²) in [6, 6.07) is 9.07. The first-order chi connectivity index (χ1) is 8.03. The topological polar surface area (TPSA) is 6.48 Å². The van der Waals surface area contributed by atoms with Gasteiger partial charge in [0.15, 0.2) is 0 Å². The molecule has 0 spiro atoms. The molecule has 1 aliphatic rings. The lowest BCUT2D eigenvalue weighted by Crippen LogP contribution is -2.57. The van der Waals surface area contributed by atoms with E-state index in [9.17, 15) is 0 Å². The zero-order chi connectivity index (χ0) is 12.5. The van der Waals surface area contributed by atoms with E-state index in [1.165, 1.54) is 11.0 Å². The molecule has 1 aromatic carbocycles. The van der Waals surface area contributed by atoms with Crippen LogP contribution in [0.3, 0.4) is 0 Å². The molecule has 1 heterocycles. The van der Waals surface area contributed by atoms with E-state index < -0.39 is 0 Å². The smallest absolute Gasteiger partial charge is 0.0367 e. The van der Waals surface area contributed by atoms with Gasteiger partial charge in [-0.3, -0.25) is 4.90 Å². The third-order valence-corrected chi connectivity index (χ3v) is 4.75. The van der Waals surface area contributed by atoms with Gasteiger partial charge in [0.1, 0.15) is 0 Å². The molecule has 1 fully saturated rings. The maximum absolute atomic E-state index is 2.50. The molecule has 17 heavy (non-hydrogen) atoms. The van der Waals surface area contributed by atoms with Crippen molar-refractivity contribution < 1.29 is 0 Å². The van der Waals surface area contributed by atoms with E-state index in [0.29, 0.717) is 0 Å². The minimum Gasteiger partial charge on any atom is -0.368 e. The third-order valence-electron chi connectivity index (χ3n) is 3.84. The Bertz CT molecular complexity index is 372. The molecular formula is C14H23N2P. The Balaban J connectivity index is 2.12. The molecule has 3 heteroatoms. The van der Waals surface area contributed by atoms with E-state index in [0.717, 1.165) is 28.2 Å². The second kappa shape index (κ2) is 4.96. The molecule has 0 aromatic heterocycles. The fourth-order valence-electron chi connectivity index (χ4n) is 2.30. The van der Waals surface area contributed by atoms with Crippen molar-refractivity contribution in [1.29, 1.82) is 0 Å². The Labute approximate surface area is 107 Å². The van der Waals surface area contributed by atoms with Gasteiger partial charge in [-0.15, -0.1) is 0 Å². The Kier molecular flexibility index (Phi) is 3.75. The number of benzene rings is 1. The average Bonchev–Trinajstić information content (AvgIpc) is 2.33. The maximum Gasteiger partial charge on any atom is 0.0367 e. The highest BCUT2D eigenvalue weighted by molar-refractivity contribution is 7.46. The lowest BCUT2D eigenvalue weighted by Gasteiger charge is -2.46. The highest BCUT2D eigenvalue weighted by Gasteiger charge is 2.30. The number of anilines is 1. The van der Waals surface area contributed by atoms with Gasteiger partial charge in [0.25, 0.3) is 0 Å². The Hall–Kier alpha value is -0.590. The van der Waals surface area contributed by atoms with Gasteiger partial charge in [0.05, 0.1) is 0 Å². The first-order valence-electron chi connectivity index (χ1n) is 6.27. The van der Waals surface area contributed by atoms with Crippen molar-refractivity contribution in [3.05, 3.63) is 24.3 Å². The highest BCUT2D eigenvalue weighted by atomic mass is 31.1. The molecule has 1 aliphatic heterocycles. The summed E-state index contributed by atoms with van der Waals surface area (Å²) in [6.45, 7) is 10.3. The quantitative estimate of drug-likeness (QED) is 0.742. The Morgan fingerprint density at radius 1 is 1.12 bits per heavy atom. The summed E-state index contributed by atoms with van der Waals surface area (Å²) in [7, 11) is 3.11. The van der Waals surface area contributed by atoms with Crippen molar-refractivity contribution in [2.75, 3.05) is 38.2 Å². The number of hydrogen-bond acceptors (Lipinski definition) is 2. The number of likely N-dealkylation sites (N-methyl/N-ethyl adjacent to an activating group) is 1. The minimum absolute atomic E-state index is 0.267. The van der Waals surface area contributed by atoms with E-state index in [4.69, 9.17) is 0 Å². The van der Waals surface area contributed by atoms with Crippen LogP contribution in [-0.4, -0.2) is 43.8 Å². The van der Waals surface area contributed by atoms with Crippen LogP contribution in [0.15, 0.2) is 24.3 Å². The van der Waals surface area contributed by atoms with Gasteiger partial charge in [0.2, 0.25) is 0 Å². The zero-order valence-corrected chi connectivity index (χ0v) is 12.3. The zero-order valence-electron chi connectivity index (χ0n) is 11.3. The van der Waals surface area contributed by atoms with E-state index in [-0.39, 0.29) is 5.54 Å². The molecule has 0 amide bonds. The summed E-state index contributed by atoms with van der Waals surface area (Å²) in [5, 5.41) is 1.45. The normalized spacial score (nSPS) is 21.3. The molecule has 2 rings (SSSR count). The van der Waals surface area contributed by atoms with Crippen molar-refractivity contribution in [3.8, 4) is 0 Å². The number of piperazine rings is 1. The fraction of sp³-hybridized carbons (Fsp3) is 0.571. The van der Waals surface area contributed by atoms with Crippen LogP contribution in [0.4, 0.5) is 5.69 Å². The highest BCUT2D eigenvalue weighted by Crippen LogP contribution is 2.24. The molecule has 94 valence electrons. The van der Waals surface area contributed by atoms with Crippen LogP contribution in [0.1, 0.15) is 13.8 Å². The standard InChI is InChI=1S/C14H23N2P/c1-14(2)11-16(10-9-15(14)3)12-5-7-13(17-4)8-6-12/h5-8,17H,9-11H2,1-4H3. The van der Waals surface area contributed by atoms with Crippen LogP contribution >= 0.6 is 8.58 Å². The van der Waals surface area contributed by atoms with Gasteiger partial charge in [-0.1, -0.05) is 20.7 Å². The second-order valence-corrected chi connectivity index (χ2v) is 6.53. The molecule has 2 nitrogen and oxygen atoms in total. The molecule has 1 saturated heterocycles. The van der Waals surface area contributed by atoms with Crippen molar-refractivity contribution in [1.82, 2.24) is 4.90 Å². The van der Waals surface area contributed by atoms with Crippen LogP contribution in [0.25, 0.3) is 0 Å². The van der Waals surface area contributed by atoms with E-state index in [1.807, 2.05) is 0 Å². The molecule has 1 atom stereocenters. The Morgan fingerprint density at radius 3 is 2.29 bits per heavy atom. The number of rotatable bonds is 2. The summed E-state index contributed by atoms with van der Waals surface area (Å²) in [5.74, 6) is 0. The molecule has 0 N–H and O–H groups in total. The Morgan fingerprint density at radius 2 is 1.76 bits per heavy atom. The summed E-state index contributed by atoms with van der Waals surface area (Å²) >= 11 is 0. The van der Waals surface area contributed by atoms with Gasteiger partial charge in [0, 0.05) is 30.9 Å². The molecule has 0 radical (unpaired) electrons. The van der Waals surface area contributed by atoms with E-state index in [1.54, 1.807) is 0 Å². The molecular weight excluding hydrogens is 227 g/mol. The predicted octanol–water partition coefficient (Wildman–Crippen LogP) is 2.15. The minimum atomic E-state index is 0.267. The second-order valence-electron chi connectivity index (χ2n) is 5.45. The lowest BCUT2D eigenvalue weighted by molar-refractivity contribution is 0.139. The maximum atomic E-state index is 2.50. The summed E-state index contributed by atoms with van der Waals surface area (Å²) in [4.78, 5) is 4.95. The van der Waals surface area contributed by atoms with Crippen LogP contribution in [0, 0.1) is 0 Å². The van der Waals surface area contributed by atoms with Crippen molar-refractivity contribution in [2.45, 2.75) is 19.4 Å². The lowest BCUT2D eigenvalue weighted by atomic mass is 9.99. The molecule has 0 aliphatic carbocycles. The van der Waals surface area contributed by atoms with Gasteiger partial charge in [-0.2, -0.15) is 0 Å². The number of nitrogens with zero attached hydrogens (tertiary/aromatic N) is 2. The third kappa shape index (κ3) is 2.81. The van der Waals surface area contributed by atoms with Crippen molar-refractivity contribution in [2.24, 2.45) is 0 Å². The van der Waals surface area contributed by atoms with Crippen LogP contribution in [0.2, 0.25) is 0 Å². The molecule has 1 unspecified atom stereocenters. The number of hydrogen-bond donors (Lipinski definition) is 0. The molecule has 0 bridgehead atoms. The van der Waals surface area contributed by atoms with Gasteiger partial charge >= 0.3 is 0 Å². The molecule has 1 aromatic rings. The van der Waals surface area contributed by atoms with Crippen molar-refractivity contribution in [3.63, 3.8) is 0 Å². The first kappa shape index (κ1) is 12.9. The predicted molar refractivity (Wildman–Crippen MR) is 79.2 cm³/mol. The summed E-state index contributed by atoms with van der Waals surface area (Å²) in [5.41, 5.74) is 1.64. The van der Waals surface area contributed by atoms with Gasteiger partial charge in [-0.05, 0) is 45.0 Å². The van der Waals surface area contributed by atoms with Crippen molar-refractivity contribution >= 4 is 19.6 Å². The summed E-state index contributed by atoms with van der Waals surface area (Å²) < 4.78 is 0. The van der Waals surface area contributed by atoms with Gasteiger partial charge in [-0.25, -0.2) is 0 Å². The van der Waals surface area contributed by atoms with Crippen LogP contribution in [-0.2, 0) is 0 Å². The van der Waals surface area contributed by atoms with E-state index >= 15 is 0 Å². The largest absolute Gasteiger partial charge is 0.368 e. The monoisotopic (exact) mass is 250 g/mol. The van der Waals surface area contributed by atoms with Gasteiger partial charge < -0.3 is 4.90 Å². The summed E-state index contributed by atoms with van der Waals surface area (Å²) in [6.07, 6.45) is 0. The van der Waals surface area contributed by atoms with Crippen LogP contribution in [0.5, 0.6) is 0 Å². The average molecular weight is 250 g/mol. The molecule has 0 saturated carbocycles. The fourth-order valence-corrected chi connectivity index (χ4v) is 2.80. The SMILES string of the molecule is CPc1ccc(N2CCN(C)C(C)(C)C2)cc1. The first-order valence-corrected chi connectivity index (χ1v) is 7.77.